The largest absolute Gasteiger partial charge is 0.416 e. The van der Waals surface area contributed by atoms with Crippen LogP contribution in [0.1, 0.15) is 30.0 Å². The molecule has 0 aliphatic rings. The molecule has 0 saturated carbocycles. The fraction of sp³-hybridized carbons (Fsp3) is 0.438. The summed E-state index contributed by atoms with van der Waals surface area (Å²) in [6.45, 7) is 0.744. The molecule has 1 aromatic rings. The summed E-state index contributed by atoms with van der Waals surface area (Å²) in [4.78, 5) is 0. The van der Waals surface area contributed by atoms with E-state index in [4.69, 9.17) is 5.26 Å². The molecule has 0 N–H and O–H groups in total. The maximum Gasteiger partial charge on any atom is 0.416 e. The van der Waals surface area contributed by atoms with Gasteiger partial charge in [0.25, 0.3) is 0 Å². The van der Waals surface area contributed by atoms with Crippen LogP contribution in [0.2, 0.25) is 0 Å². The summed E-state index contributed by atoms with van der Waals surface area (Å²) in [5.74, 6) is -0.946. The number of allylic oxidation sites excluding steroid dienone is 1. The Morgan fingerprint density at radius 3 is 1.96 bits per heavy atom. The molecule has 0 radical (unpaired) electrons. The molecule has 0 saturated heterocycles. The van der Waals surface area contributed by atoms with Crippen LogP contribution in [0.5, 0.6) is 0 Å². The molecular formula is C16H16F6N2O2S. The van der Waals surface area contributed by atoms with Crippen molar-refractivity contribution < 1.29 is 34.8 Å². The Labute approximate surface area is 152 Å². The van der Waals surface area contributed by atoms with Crippen LogP contribution in [0.4, 0.5) is 26.3 Å². The van der Waals surface area contributed by atoms with Gasteiger partial charge in [0.15, 0.2) is 5.75 Å². The zero-order valence-electron chi connectivity index (χ0n) is 14.1. The van der Waals surface area contributed by atoms with E-state index >= 15 is 0 Å². The van der Waals surface area contributed by atoms with Gasteiger partial charge in [-0.15, -0.1) is 0 Å². The first-order chi connectivity index (χ1) is 12.3. The molecule has 0 aromatic heterocycles. The minimum Gasteiger partial charge on any atom is -0.211 e. The molecule has 150 valence electrons. The van der Waals surface area contributed by atoms with Gasteiger partial charge >= 0.3 is 12.4 Å². The van der Waals surface area contributed by atoms with Crippen LogP contribution >= 0.6 is 0 Å². The van der Waals surface area contributed by atoms with Gasteiger partial charge in [-0.2, -0.15) is 35.9 Å². The van der Waals surface area contributed by atoms with E-state index < -0.39 is 51.4 Å². The summed E-state index contributed by atoms with van der Waals surface area (Å²) in [6.07, 6.45) is -6.52. The normalized spacial score (nSPS) is 13.3. The number of halogens is 6. The van der Waals surface area contributed by atoms with Crippen LogP contribution in [0.3, 0.4) is 0 Å². The van der Waals surface area contributed by atoms with Gasteiger partial charge in [0, 0.05) is 13.1 Å². The van der Waals surface area contributed by atoms with E-state index in [0.29, 0.717) is 22.9 Å². The molecule has 4 nitrogen and oxygen atoms in total. The molecule has 0 fully saturated rings. The molecular weight excluding hydrogens is 398 g/mol. The molecule has 0 spiro atoms. The average molecular weight is 414 g/mol. The van der Waals surface area contributed by atoms with E-state index in [-0.39, 0.29) is 12.6 Å². The first-order valence-corrected chi connectivity index (χ1v) is 9.20. The third-order valence-electron chi connectivity index (χ3n) is 3.36. The Morgan fingerprint density at radius 1 is 1.04 bits per heavy atom. The number of hydrogen-bond donors (Lipinski definition) is 0. The number of sulfonamides is 1. The lowest BCUT2D eigenvalue weighted by Gasteiger charge is -2.21. The highest BCUT2D eigenvalue weighted by molar-refractivity contribution is 7.89. The Bertz CT molecular complexity index is 791. The predicted octanol–water partition coefficient (Wildman–Crippen LogP) is 4.35. The van der Waals surface area contributed by atoms with Crippen LogP contribution in [0, 0.1) is 11.3 Å². The lowest BCUT2D eigenvalue weighted by atomic mass is 10.0. The Morgan fingerprint density at radius 2 is 1.56 bits per heavy atom. The molecule has 0 aliphatic heterocycles. The van der Waals surface area contributed by atoms with Gasteiger partial charge in [0.2, 0.25) is 10.0 Å². The highest BCUT2D eigenvalue weighted by atomic mass is 32.2. The Kier molecular flexibility index (Phi) is 7.45. The zero-order chi connectivity index (χ0) is 20.9. The number of hydrogen-bond acceptors (Lipinski definition) is 3. The second-order valence-electron chi connectivity index (χ2n) is 5.50. The first-order valence-electron chi connectivity index (χ1n) is 7.59. The van der Waals surface area contributed by atoms with Gasteiger partial charge in [-0.1, -0.05) is 19.1 Å². The molecule has 11 heteroatoms. The molecule has 0 heterocycles. The minimum absolute atomic E-state index is 0.0331. The van der Waals surface area contributed by atoms with Gasteiger partial charge in [-0.05, 0) is 30.2 Å². The molecule has 0 amide bonds. The summed E-state index contributed by atoms with van der Waals surface area (Å²) >= 11 is 0. The zero-order valence-corrected chi connectivity index (χ0v) is 14.9. The highest BCUT2D eigenvalue weighted by Gasteiger charge is 2.37. The topological polar surface area (TPSA) is 61.2 Å². The number of nitriles is 1. The van der Waals surface area contributed by atoms with E-state index in [1.54, 1.807) is 13.0 Å². The number of alkyl halides is 6. The van der Waals surface area contributed by atoms with Crippen molar-refractivity contribution in [3.05, 3.63) is 47.0 Å². The maximum atomic E-state index is 12.9. The van der Waals surface area contributed by atoms with Crippen LogP contribution in [0.25, 0.3) is 0 Å². The van der Waals surface area contributed by atoms with E-state index in [9.17, 15) is 34.8 Å². The third-order valence-corrected chi connectivity index (χ3v) is 4.92. The monoisotopic (exact) mass is 414 g/mol. The molecule has 1 aromatic carbocycles. The smallest absolute Gasteiger partial charge is 0.211 e. The minimum atomic E-state index is -5.03. The van der Waals surface area contributed by atoms with Crippen molar-refractivity contribution in [2.24, 2.45) is 0 Å². The van der Waals surface area contributed by atoms with Gasteiger partial charge in [0.1, 0.15) is 0 Å². The summed E-state index contributed by atoms with van der Waals surface area (Å²) in [6, 6.07) is 2.32. The van der Waals surface area contributed by atoms with Crippen LogP contribution < -0.4 is 0 Å². The lowest BCUT2D eigenvalue weighted by molar-refractivity contribution is -0.143. The Balaban J connectivity index is 3.39. The molecule has 0 unspecified atom stereocenters. The molecule has 0 aliphatic carbocycles. The third kappa shape index (κ3) is 6.88. The number of rotatable bonds is 7. The van der Waals surface area contributed by atoms with Crippen molar-refractivity contribution in [3.63, 3.8) is 0 Å². The fourth-order valence-electron chi connectivity index (χ4n) is 2.12. The van der Waals surface area contributed by atoms with Gasteiger partial charge in [0.05, 0.1) is 17.2 Å². The maximum absolute atomic E-state index is 12.9. The standard InChI is InChI=1S/C16H16F6N2O2S/c1-2-3-4-6-24(27(25,26)7-5-23)11-12-8-13(15(17,18)19)10-14(9-12)16(20,21)22/h3-4,8-10H,2,6-7,11H2,1H3/b4-3+. The van der Waals surface area contributed by atoms with Gasteiger partial charge in [-0.25, -0.2) is 8.42 Å². The molecule has 0 atom stereocenters. The van der Waals surface area contributed by atoms with Crippen molar-refractivity contribution in [2.75, 3.05) is 12.3 Å². The predicted molar refractivity (Wildman–Crippen MR) is 85.7 cm³/mol. The fourth-order valence-corrected chi connectivity index (χ4v) is 3.13. The number of benzene rings is 1. The molecule has 27 heavy (non-hydrogen) atoms. The summed E-state index contributed by atoms with van der Waals surface area (Å²) in [5.41, 5.74) is -3.55. The number of nitrogens with zero attached hydrogens (tertiary/aromatic N) is 2. The van der Waals surface area contributed by atoms with Crippen molar-refractivity contribution in [3.8, 4) is 6.07 Å². The quantitative estimate of drug-likeness (QED) is 0.493. The SMILES string of the molecule is CC/C=C/CN(Cc1cc(C(F)(F)F)cc(C(F)(F)F)c1)S(=O)(=O)CC#N. The summed E-state index contributed by atoms with van der Waals surface area (Å²) in [5, 5.41) is 8.62. The summed E-state index contributed by atoms with van der Waals surface area (Å²) < 4.78 is 102. The van der Waals surface area contributed by atoms with Crippen molar-refractivity contribution in [1.29, 1.82) is 5.26 Å². The highest BCUT2D eigenvalue weighted by Crippen LogP contribution is 2.36. The van der Waals surface area contributed by atoms with Gasteiger partial charge in [-0.3, -0.25) is 0 Å². The van der Waals surface area contributed by atoms with Gasteiger partial charge < -0.3 is 0 Å². The second-order valence-corrected chi connectivity index (χ2v) is 7.47. The summed E-state index contributed by atoms with van der Waals surface area (Å²) in [7, 11) is -4.19. The molecule has 1 rings (SSSR count). The average Bonchev–Trinajstić information content (AvgIpc) is 2.52. The lowest BCUT2D eigenvalue weighted by Crippen LogP contribution is -2.32. The van der Waals surface area contributed by atoms with Crippen LogP contribution in [-0.2, 0) is 28.9 Å². The van der Waals surface area contributed by atoms with E-state index in [1.165, 1.54) is 12.1 Å². The second kappa shape index (κ2) is 8.75. The van der Waals surface area contributed by atoms with E-state index in [1.807, 2.05) is 0 Å². The Hall–Kier alpha value is -2.06. The van der Waals surface area contributed by atoms with E-state index in [0.717, 1.165) is 0 Å². The first kappa shape index (κ1) is 23.0. The van der Waals surface area contributed by atoms with Crippen LogP contribution in [-0.4, -0.2) is 25.0 Å². The van der Waals surface area contributed by atoms with Crippen molar-refractivity contribution in [2.45, 2.75) is 32.2 Å². The molecule has 0 bridgehead atoms. The van der Waals surface area contributed by atoms with Crippen molar-refractivity contribution in [1.82, 2.24) is 4.31 Å². The van der Waals surface area contributed by atoms with E-state index in [2.05, 4.69) is 0 Å². The van der Waals surface area contributed by atoms with Crippen molar-refractivity contribution >= 4 is 10.0 Å². The van der Waals surface area contributed by atoms with Crippen LogP contribution in [0.15, 0.2) is 30.4 Å².